The maximum Gasteiger partial charge on any atom is 0.335 e. The molecule has 2 saturated heterocycles. The molecule has 3 fully saturated rings. The van der Waals surface area contributed by atoms with Crippen molar-refractivity contribution in [1.82, 2.24) is 10.2 Å². The molecule has 2 aromatic rings. The Labute approximate surface area is 200 Å². The van der Waals surface area contributed by atoms with Crippen molar-refractivity contribution < 1.29 is 19.4 Å². The third-order valence-electron chi connectivity index (χ3n) is 7.46. The number of carbonyl (C=O) groups is 2. The number of likely N-dealkylation sites (tertiary alicyclic amines) is 1. The molecule has 2 amide bonds. The van der Waals surface area contributed by atoms with Crippen LogP contribution in [0.1, 0.15) is 65.6 Å². The number of anilines is 1. The molecule has 180 valence electrons. The number of carboxylic acid groups (broad SMARTS) is 1. The van der Waals surface area contributed by atoms with Crippen molar-refractivity contribution in [3.8, 4) is 5.75 Å². The minimum Gasteiger partial charge on any atom is -0.494 e. The molecule has 2 aromatic carbocycles. The van der Waals surface area contributed by atoms with E-state index in [2.05, 4.69) is 29.3 Å². The zero-order chi connectivity index (χ0) is 23.9. The Balaban J connectivity index is 1.25. The molecule has 7 heteroatoms. The minimum absolute atomic E-state index is 0.104. The molecule has 1 saturated carbocycles. The first kappa shape index (κ1) is 22.7. The molecule has 7 nitrogen and oxygen atoms in total. The Morgan fingerprint density at radius 2 is 1.88 bits per heavy atom. The second kappa shape index (κ2) is 8.95. The first-order valence-corrected chi connectivity index (χ1v) is 12.3. The zero-order valence-electron chi connectivity index (χ0n) is 20.0. The highest BCUT2D eigenvalue weighted by Crippen LogP contribution is 2.44. The third-order valence-corrected chi connectivity index (χ3v) is 7.46. The fourth-order valence-electron chi connectivity index (χ4n) is 5.34. The summed E-state index contributed by atoms with van der Waals surface area (Å²) in [6.07, 6.45) is 4.34. The summed E-state index contributed by atoms with van der Waals surface area (Å²) >= 11 is 0. The van der Waals surface area contributed by atoms with E-state index < -0.39 is 5.97 Å². The van der Waals surface area contributed by atoms with Crippen LogP contribution in [0.15, 0.2) is 36.4 Å². The van der Waals surface area contributed by atoms with Gasteiger partial charge in [0.15, 0.2) is 0 Å². The topological polar surface area (TPSA) is 82.1 Å². The number of ether oxygens (including phenoxy) is 1. The maximum absolute atomic E-state index is 12.8. The molecule has 0 unspecified atom stereocenters. The lowest BCUT2D eigenvalue weighted by atomic mass is 9.87. The summed E-state index contributed by atoms with van der Waals surface area (Å²) in [5.74, 6) is 0.715. The second-order valence-electron chi connectivity index (χ2n) is 9.95. The molecule has 0 bridgehead atoms. The van der Waals surface area contributed by atoms with Crippen molar-refractivity contribution in [3.63, 3.8) is 0 Å². The van der Waals surface area contributed by atoms with Crippen LogP contribution in [0, 0.1) is 6.92 Å². The van der Waals surface area contributed by atoms with Crippen molar-refractivity contribution >= 4 is 17.7 Å². The fourth-order valence-corrected chi connectivity index (χ4v) is 5.34. The van der Waals surface area contributed by atoms with Crippen LogP contribution in [0.4, 0.5) is 10.5 Å². The molecule has 2 heterocycles. The molecule has 3 aliphatic rings. The van der Waals surface area contributed by atoms with Gasteiger partial charge in [-0.1, -0.05) is 6.07 Å². The predicted molar refractivity (Wildman–Crippen MR) is 131 cm³/mol. The highest BCUT2D eigenvalue weighted by atomic mass is 16.5. The van der Waals surface area contributed by atoms with E-state index in [0.717, 1.165) is 43.9 Å². The summed E-state index contributed by atoms with van der Waals surface area (Å²) in [7, 11) is 0. The summed E-state index contributed by atoms with van der Waals surface area (Å²) in [5, 5.41) is 12.4. The second-order valence-corrected chi connectivity index (χ2v) is 9.95. The van der Waals surface area contributed by atoms with Gasteiger partial charge in [0.25, 0.3) is 0 Å². The number of piperidine rings is 1. The largest absolute Gasteiger partial charge is 0.494 e. The fraction of sp³-hybridized carbons (Fsp3) is 0.481. The summed E-state index contributed by atoms with van der Waals surface area (Å²) in [4.78, 5) is 28.1. The molecule has 2 N–H and O–H groups in total. The van der Waals surface area contributed by atoms with Crippen LogP contribution in [0.5, 0.6) is 5.75 Å². The Hall–Kier alpha value is -3.06. The van der Waals surface area contributed by atoms with Gasteiger partial charge in [0.05, 0.1) is 24.3 Å². The van der Waals surface area contributed by atoms with Crippen LogP contribution in [0.25, 0.3) is 0 Å². The van der Waals surface area contributed by atoms with Crippen LogP contribution in [0.2, 0.25) is 0 Å². The number of benzene rings is 2. The van der Waals surface area contributed by atoms with Crippen molar-refractivity contribution in [2.75, 3.05) is 31.1 Å². The van der Waals surface area contributed by atoms with Crippen molar-refractivity contribution in [2.45, 2.75) is 57.5 Å². The van der Waals surface area contributed by atoms with Crippen LogP contribution < -0.4 is 15.0 Å². The molecular weight excluding hydrogens is 430 g/mol. The van der Waals surface area contributed by atoms with Crippen LogP contribution in [-0.4, -0.2) is 53.8 Å². The van der Waals surface area contributed by atoms with Gasteiger partial charge in [-0.2, -0.15) is 0 Å². The van der Waals surface area contributed by atoms with Crippen LogP contribution >= 0.6 is 0 Å². The van der Waals surface area contributed by atoms with Gasteiger partial charge in [-0.15, -0.1) is 0 Å². The average molecular weight is 464 g/mol. The predicted octanol–water partition coefficient (Wildman–Crippen LogP) is 4.53. The third kappa shape index (κ3) is 4.49. The van der Waals surface area contributed by atoms with Gasteiger partial charge in [0.1, 0.15) is 5.75 Å². The van der Waals surface area contributed by atoms with Crippen LogP contribution in [0.3, 0.4) is 0 Å². The monoisotopic (exact) mass is 463 g/mol. The van der Waals surface area contributed by atoms with E-state index in [1.165, 1.54) is 29.5 Å². The van der Waals surface area contributed by atoms with Crippen LogP contribution in [-0.2, 0) is 6.54 Å². The Bertz CT molecular complexity index is 1090. The highest BCUT2D eigenvalue weighted by Gasteiger charge is 2.45. The molecule has 2 aliphatic heterocycles. The minimum atomic E-state index is -0.965. The van der Waals surface area contributed by atoms with E-state index in [9.17, 15) is 9.59 Å². The average Bonchev–Trinajstić information content (AvgIpc) is 3.61. The number of nitrogens with one attached hydrogen (secondary N) is 1. The van der Waals surface area contributed by atoms with Gasteiger partial charge < -0.3 is 15.2 Å². The quantitative estimate of drug-likeness (QED) is 0.630. The van der Waals surface area contributed by atoms with Gasteiger partial charge in [-0.05, 0) is 92.5 Å². The van der Waals surface area contributed by atoms with Gasteiger partial charge in [-0.25, -0.2) is 9.59 Å². The summed E-state index contributed by atoms with van der Waals surface area (Å²) < 4.78 is 5.88. The first-order valence-electron chi connectivity index (χ1n) is 12.3. The van der Waals surface area contributed by atoms with Gasteiger partial charge in [0.2, 0.25) is 0 Å². The lowest BCUT2D eigenvalue weighted by Gasteiger charge is -2.39. The number of aryl methyl sites for hydroxylation is 1. The number of urea groups is 1. The first-order chi connectivity index (χ1) is 16.4. The van der Waals surface area contributed by atoms with Crippen molar-refractivity contribution in [2.24, 2.45) is 0 Å². The number of carboxylic acids is 1. The molecule has 0 atom stereocenters. The zero-order valence-corrected chi connectivity index (χ0v) is 20.0. The number of amides is 2. The van der Waals surface area contributed by atoms with Gasteiger partial charge >= 0.3 is 12.0 Å². The molecule has 5 rings (SSSR count). The number of carbonyl (C=O) groups excluding carboxylic acids is 1. The number of hydrogen-bond donors (Lipinski definition) is 2. The molecule has 1 aliphatic carbocycles. The SMILES string of the molecule is CCOc1cc(CN2CCC3(CC2)CN(c2ccc(C(=O)O)cc2)C(=O)N3)c(C2CC2)cc1C. The standard InChI is InChI=1S/C27H33N3O4/c1-3-34-24-15-21(23(14-18(24)2)19-4-5-19)16-29-12-10-27(11-13-29)17-30(26(33)28-27)22-8-6-20(7-9-22)25(31)32/h6-9,14-15,19H,3-5,10-13,16-17H2,1-2H3,(H,28,33)(H,31,32). The van der Waals surface area contributed by atoms with Crippen molar-refractivity contribution in [1.29, 1.82) is 0 Å². The molecule has 0 radical (unpaired) electrons. The summed E-state index contributed by atoms with van der Waals surface area (Å²) in [6, 6.07) is 11.0. The van der Waals surface area contributed by atoms with E-state index in [4.69, 9.17) is 9.84 Å². The number of rotatable bonds is 7. The number of aromatic carboxylic acids is 1. The smallest absolute Gasteiger partial charge is 0.335 e. The van der Waals surface area contributed by atoms with E-state index in [1.807, 2.05) is 6.92 Å². The van der Waals surface area contributed by atoms with E-state index in [0.29, 0.717) is 19.1 Å². The maximum atomic E-state index is 12.8. The highest BCUT2D eigenvalue weighted by molar-refractivity contribution is 5.96. The summed E-state index contributed by atoms with van der Waals surface area (Å²) in [5.41, 5.74) is 4.80. The van der Waals surface area contributed by atoms with Gasteiger partial charge in [0, 0.05) is 25.3 Å². The van der Waals surface area contributed by atoms with Crippen molar-refractivity contribution in [3.05, 3.63) is 58.7 Å². The molecule has 34 heavy (non-hydrogen) atoms. The lowest BCUT2D eigenvalue weighted by Crippen LogP contribution is -2.52. The van der Waals surface area contributed by atoms with E-state index >= 15 is 0 Å². The summed E-state index contributed by atoms with van der Waals surface area (Å²) in [6.45, 7) is 8.20. The lowest BCUT2D eigenvalue weighted by molar-refractivity contribution is 0.0697. The molecular formula is C27H33N3O4. The van der Waals surface area contributed by atoms with E-state index in [1.54, 1.807) is 29.2 Å². The Morgan fingerprint density at radius 3 is 2.50 bits per heavy atom. The van der Waals surface area contributed by atoms with E-state index in [-0.39, 0.29) is 17.1 Å². The Kier molecular flexibility index (Phi) is 5.98. The Morgan fingerprint density at radius 1 is 1.18 bits per heavy atom. The number of hydrogen-bond acceptors (Lipinski definition) is 4. The normalized spacial score (nSPS) is 19.9. The number of nitrogens with zero attached hydrogens (tertiary/aromatic N) is 2. The molecule has 1 spiro atoms. The van der Waals surface area contributed by atoms with Gasteiger partial charge in [-0.3, -0.25) is 9.80 Å². The molecule has 0 aromatic heterocycles.